The first kappa shape index (κ1) is 14.0. The van der Waals surface area contributed by atoms with Gasteiger partial charge in [0.05, 0.1) is 16.7 Å². The van der Waals surface area contributed by atoms with Gasteiger partial charge < -0.3 is 5.32 Å². The fraction of sp³-hybridized carbons (Fsp3) is 0.308. The molecule has 0 spiro atoms. The average molecular weight is 286 g/mol. The Kier molecular flexibility index (Phi) is 3.91. The Hall–Kier alpha value is -1.40. The maximum atomic E-state index is 13.9. The third kappa shape index (κ3) is 2.50. The number of hydrogen-bond acceptors (Lipinski definition) is 3. The van der Waals surface area contributed by atoms with Gasteiger partial charge in [0.25, 0.3) is 0 Å². The van der Waals surface area contributed by atoms with E-state index in [9.17, 15) is 13.2 Å². The first-order chi connectivity index (χ1) is 8.95. The van der Waals surface area contributed by atoms with Crippen LogP contribution in [0.2, 0.25) is 0 Å². The monoisotopic (exact) mass is 286 g/mol. The first-order valence-corrected chi connectivity index (χ1v) is 6.52. The van der Waals surface area contributed by atoms with Crippen LogP contribution in [0.1, 0.15) is 27.2 Å². The van der Waals surface area contributed by atoms with Crippen molar-refractivity contribution in [3.05, 3.63) is 50.7 Å². The van der Waals surface area contributed by atoms with E-state index < -0.39 is 23.5 Å². The van der Waals surface area contributed by atoms with Crippen LogP contribution in [-0.4, -0.2) is 12.0 Å². The summed E-state index contributed by atoms with van der Waals surface area (Å²) in [5, 5.41) is 3.76. The van der Waals surface area contributed by atoms with Gasteiger partial charge in [0.15, 0.2) is 17.5 Å². The summed E-state index contributed by atoms with van der Waals surface area (Å²) in [4.78, 5) is 5.06. The van der Waals surface area contributed by atoms with Crippen LogP contribution in [0.4, 0.5) is 13.2 Å². The molecule has 0 saturated carbocycles. The van der Waals surface area contributed by atoms with Crippen molar-refractivity contribution in [1.82, 2.24) is 10.3 Å². The second-order valence-electron chi connectivity index (χ2n) is 4.17. The van der Waals surface area contributed by atoms with E-state index in [0.717, 1.165) is 21.6 Å². The number of aryl methyl sites for hydroxylation is 2. The van der Waals surface area contributed by atoms with Gasteiger partial charge in [-0.15, -0.1) is 11.3 Å². The molecule has 1 aromatic heterocycles. The Morgan fingerprint density at radius 2 is 1.84 bits per heavy atom. The zero-order chi connectivity index (χ0) is 14.2. The molecule has 0 amide bonds. The molecule has 0 bridgehead atoms. The third-order valence-corrected chi connectivity index (χ3v) is 4.00. The van der Waals surface area contributed by atoms with E-state index in [-0.39, 0.29) is 5.56 Å². The number of halogens is 3. The fourth-order valence-corrected chi connectivity index (χ4v) is 3.06. The fourth-order valence-electron chi connectivity index (χ4n) is 2.01. The molecule has 2 aromatic rings. The normalized spacial score (nSPS) is 12.7. The highest BCUT2D eigenvalue weighted by atomic mass is 32.1. The van der Waals surface area contributed by atoms with E-state index in [1.165, 1.54) is 17.4 Å². The molecule has 1 atom stereocenters. The lowest BCUT2D eigenvalue weighted by atomic mass is 10.0. The number of thiazole rings is 1. The Balaban J connectivity index is 2.54. The molecule has 2 nitrogen and oxygen atoms in total. The van der Waals surface area contributed by atoms with Gasteiger partial charge in [-0.1, -0.05) is 6.07 Å². The highest BCUT2D eigenvalue weighted by molar-refractivity contribution is 7.11. The van der Waals surface area contributed by atoms with Crippen LogP contribution in [0.15, 0.2) is 12.1 Å². The van der Waals surface area contributed by atoms with Gasteiger partial charge in [-0.25, -0.2) is 18.2 Å². The van der Waals surface area contributed by atoms with Crippen molar-refractivity contribution < 1.29 is 13.2 Å². The Morgan fingerprint density at radius 1 is 1.16 bits per heavy atom. The molecule has 0 aliphatic carbocycles. The standard InChI is InChI=1S/C13H13F3N2S/c1-6-13(19-7(2)18-6)12(17-3)8-4-5-9(14)11(16)10(8)15/h4-5,12,17H,1-3H3. The molecule has 102 valence electrons. The molecule has 0 aliphatic rings. The van der Waals surface area contributed by atoms with Crippen LogP contribution < -0.4 is 5.32 Å². The van der Waals surface area contributed by atoms with Crippen molar-refractivity contribution in [3.8, 4) is 0 Å². The van der Waals surface area contributed by atoms with Gasteiger partial charge in [0.1, 0.15) is 0 Å². The van der Waals surface area contributed by atoms with E-state index in [2.05, 4.69) is 10.3 Å². The molecule has 19 heavy (non-hydrogen) atoms. The van der Waals surface area contributed by atoms with Crippen molar-refractivity contribution in [2.75, 3.05) is 7.05 Å². The van der Waals surface area contributed by atoms with Crippen molar-refractivity contribution in [2.45, 2.75) is 19.9 Å². The minimum Gasteiger partial charge on any atom is -0.309 e. The summed E-state index contributed by atoms with van der Waals surface area (Å²) in [6.07, 6.45) is 0. The van der Waals surface area contributed by atoms with Crippen molar-refractivity contribution in [3.63, 3.8) is 0 Å². The maximum Gasteiger partial charge on any atom is 0.194 e. The van der Waals surface area contributed by atoms with E-state index in [1.807, 2.05) is 6.92 Å². The van der Waals surface area contributed by atoms with Crippen LogP contribution in [0.3, 0.4) is 0 Å². The van der Waals surface area contributed by atoms with E-state index >= 15 is 0 Å². The molecule has 0 fully saturated rings. The highest BCUT2D eigenvalue weighted by Crippen LogP contribution is 2.32. The van der Waals surface area contributed by atoms with Crippen molar-refractivity contribution >= 4 is 11.3 Å². The summed E-state index contributed by atoms with van der Waals surface area (Å²) in [5.74, 6) is -3.80. The molecule has 1 heterocycles. The van der Waals surface area contributed by atoms with Gasteiger partial charge in [-0.05, 0) is 27.0 Å². The summed E-state index contributed by atoms with van der Waals surface area (Å²) < 4.78 is 40.1. The molecule has 0 saturated heterocycles. The lowest BCUT2D eigenvalue weighted by Crippen LogP contribution is -2.19. The molecule has 0 aliphatic heterocycles. The number of nitrogens with one attached hydrogen (secondary N) is 1. The summed E-state index contributed by atoms with van der Waals surface area (Å²) in [6.45, 7) is 3.65. The quantitative estimate of drug-likeness (QED) is 0.874. The molecule has 6 heteroatoms. The van der Waals surface area contributed by atoms with Crippen molar-refractivity contribution in [2.24, 2.45) is 0 Å². The topological polar surface area (TPSA) is 24.9 Å². The minimum atomic E-state index is -1.45. The zero-order valence-corrected chi connectivity index (χ0v) is 11.5. The van der Waals surface area contributed by atoms with Gasteiger partial charge in [0, 0.05) is 10.4 Å². The van der Waals surface area contributed by atoms with Crippen LogP contribution in [0.5, 0.6) is 0 Å². The molecular weight excluding hydrogens is 273 g/mol. The first-order valence-electron chi connectivity index (χ1n) is 5.70. The van der Waals surface area contributed by atoms with E-state index in [0.29, 0.717) is 0 Å². The Morgan fingerprint density at radius 3 is 2.37 bits per heavy atom. The minimum absolute atomic E-state index is 0.0770. The van der Waals surface area contributed by atoms with Gasteiger partial charge >= 0.3 is 0 Å². The summed E-state index contributed by atoms with van der Waals surface area (Å²) in [5.41, 5.74) is 0.833. The summed E-state index contributed by atoms with van der Waals surface area (Å²) in [7, 11) is 1.64. The van der Waals surface area contributed by atoms with Crippen LogP contribution in [0, 0.1) is 31.3 Å². The molecule has 2 rings (SSSR count). The molecular formula is C13H13F3N2S. The number of rotatable bonds is 3. The summed E-state index contributed by atoms with van der Waals surface area (Å²) in [6, 6.07) is 1.64. The van der Waals surface area contributed by atoms with E-state index in [1.54, 1.807) is 14.0 Å². The second kappa shape index (κ2) is 5.30. The number of benzene rings is 1. The largest absolute Gasteiger partial charge is 0.309 e. The third-order valence-electron chi connectivity index (χ3n) is 2.87. The predicted octanol–water partition coefficient (Wildman–Crippen LogP) is 3.49. The average Bonchev–Trinajstić information content (AvgIpc) is 2.69. The van der Waals surface area contributed by atoms with Gasteiger partial charge in [-0.3, -0.25) is 0 Å². The predicted molar refractivity (Wildman–Crippen MR) is 68.8 cm³/mol. The molecule has 1 aromatic carbocycles. The second-order valence-corrected chi connectivity index (χ2v) is 5.40. The lowest BCUT2D eigenvalue weighted by molar-refractivity contribution is 0.435. The Bertz CT molecular complexity index is 610. The van der Waals surface area contributed by atoms with Gasteiger partial charge in [0.2, 0.25) is 0 Å². The van der Waals surface area contributed by atoms with Crippen LogP contribution in [-0.2, 0) is 0 Å². The highest BCUT2D eigenvalue weighted by Gasteiger charge is 2.24. The molecule has 1 unspecified atom stereocenters. The Labute approximate surface area is 113 Å². The molecule has 0 radical (unpaired) electrons. The van der Waals surface area contributed by atoms with Crippen LogP contribution in [0.25, 0.3) is 0 Å². The number of nitrogens with zero attached hydrogens (tertiary/aromatic N) is 1. The molecule has 1 N–H and O–H groups in total. The lowest BCUT2D eigenvalue weighted by Gasteiger charge is -2.17. The zero-order valence-electron chi connectivity index (χ0n) is 10.7. The maximum absolute atomic E-state index is 13.9. The van der Waals surface area contributed by atoms with Crippen molar-refractivity contribution in [1.29, 1.82) is 0 Å². The SMILES string of the molecule is CNC(c1ccc(F)c(F)c1F)c1sc(C)nc1C. The number of hydrogen-bond donors (Lipinski definition) is 1. The summed E-state index contributed by atoms with van der Waals surface area (Å²) >= 11 is 1.40. The number of aromatic nitrogens is 1. The van der Waals surface area contributed by atoms with E-state index in [4.69, 9.17) is 0 Å². The van der Waals surface area contributed by atoms with Crippen LogP contribution >= 0.6 is 11.3 Å². The van der Waals surface area contributed by atoms with Gasteiger partial charge in [-0.2, -0.15) is 0 Å². The smallest absolute Gasteiger partial charge is 0.194 e.